The average Bonchev–Trinajstić information content (AvgIpc) is 3.12. The number of carbonyl (C=O) groups is 1. The van der Waals surface area contributed by atoms with Gasteiger partial charge in [-0.1, -0.05) is 30.0 Å². The Kier molecular flexibility index (Phi) is 4.90. The summed E-state index contributed by atoms with van der Waals surface area (Å²) >= 11 is 1.11. The maximum Gasteiger partial charge on any atom is 0.262 e. The summed E-state index contributed by atoms with van der Waals surface area (Å²) in [5.74, 6) is -0.508. The van der Waals surface area contributed by atoms with Crippen molar-refractivity contribution in [2.75, 3.05) is 11.1 Å². The Balaban J connectivity index is 1.56. The SMILES string of the molecule is O=C(CSc1nc2c(cnn2-c2ccc(F)cc2)c(=O)[nH]1)Nc1ccccc1. The molecule has 4 aromatic rings. The Morgan fingerprint density at radius 1 is 1.14 bits per heavy atom. The highest BCUT2D eigenvalue weighted by Crippen LogP contribution is 2.18. The number of rotatable bonds is 5. The molecule has 0 unspecified atom stereocenters. The molecule has 9 heteroatoms. The third-order valence-electron chi connectivity index (χ3n) is 3.89. The van der Waals surface area contributed by atoms with Crippen molar-refractivity contribution in [3.05, 3.63) is 77.0 Å². The molecule has 140 valence electrons. The summed E-state index contributed by atoms with van der Waals surface area (Å²) in [5, 5.41) is 7.54. The van der Waals surface area contributed by atoms with Gasteiger partial charge in [0.15, 0.2) is 10.8 Å². The first-order chi connectivity index (χ1) is 13.6. The van der Waals surface area contributed by atoms with Crippen LogP contribution in [-0.2, 0) is 4.79 Å². The van der Waals surface area contributed by atoms with E-state index in [1.165, 1.54) is 23.0 Å². The van der Waals surface area contributed by atoms with E-state index in [0.29, 0.717) is 27.6 Å². The van der Waals surface area contributed by atoms with Gasteiger partial charge in [-0.05, 0) is 36.4 Å². The minimum atomic E-state index is -0.369. The number of nitrogens with zero attached hydrogens (tertiary/aromatic N) is 3. The Labute approximate surface area is 162 Å². The van der Waals surface area contributed by atoms with Crippen LogP contribution < -0.4 is 10.9 Å². The van der Waals surface area contributed by atoms with Crippen LogP contribution in [0.1, 0.15) is 0 Å². The van der Waals surface area contributed by atoms with Gasteiger partial charge in [0.2, 0.25) is 5.91 Å². The number of aromatic nitrogens is 4. The van der Waals surface area contributed by atoms with Crippen LogP contribution >= 0.6 is 11.8 Å². The topological polar surface area (TPSA) is 92.7 Å². The highest BCUT2D eigenvalue weighted by Gasteiger charge is 2.13. The first-order valence-electron chi connectivity index (χ1n) is 8.32. The van der Waals surface area contributed by atoms with Crippen molar-refractivity contribution < 1.29 is 9.18 Å². The number of aromatic amines is 1. The van der Waals surface area contributed by atoms with Gasteiger partial charge in [0.1, 0.15) is 11.2 Å². The number of nitrogens with one attached hydrogen (secondary N) is 2. The zero-order valence-corrected chi connectivity index (χ0v) is 15.2. The number of anilines is 1. The number of hydrogen-bond donors (Lipinski definition) is 2. The van der Waals surface area contributed by atoms with Crippen molar-refractivity contribution in [2.45, 2.75) is 5.16 Å². The highest BCUT2D eigenvalue weighted by atomic mass is 32.2. The third-order valence-corrected chi connectivity index (χ3v) is 4.76. The van der Waals surface area contributed by atoms with E-state index in [2.05, 4.69) is 20.4 Å². The van der Waals surface area contributed by atoms with Crippen LogP contribution in [0.2, 0.25) is 0 Å². The molecule has 0 aliphatic rings. The number of thioether (sulfide) groups is 1. The lowest BCUT2D eigenvalue weighted by atomic mass is 10.3. The summed E-state index contributed by atoms with van der Waals surface area (Å²) in [6.45, 7) is 0. The van der Waals surface area contributed by atoms with Gasteiger partial charge in [-0.2, -0.15) is 5.10 Å². The Bertz CT molecular complexity index is 1190. The normalized spacial score (nSPS) is 10.9. The van der Waals surface area contributed by atoms with Crippen molar-refractivity contribution in [2.24, 2.45) is 0 Å². The molecule has 0 aliphatic heterocycles. The average molecular weight is 395 g/mol. The number of hydrogen-bond acceptors (Lipinski definition) is 5. The van der Waals surface area contributed by atoms with Gasteiger partial charge in [-0.25, -0.2) is 14.1 Å². The fourth-order valence-electron chi connectivity index (χ4n) is 2.59. The van der Waals surface area contributed by atoms with E-state index in [-0.39, 0.29) is 23.0 Å². The lowest BCUT2D eigenvalue weighted by molar-refractivity contribution is -0.113. The zero-order chi connectivity index (χ0) is 19.5. The number of H-pyrrole nitrogens is 1. The lowest BCUT2D eigenvalue weighted by Crippen LogP contribution is -2.15. The standard InChI is InChI=1S/C19H14FN5O2S/c20-12-6-8-14(9-7-12)25-17-15(10-21-25)18(27)24-19(23-17)28-11-16(26)22-13-4-2-1-3-5-13/h1-10H,11H2,(H,22,26)(H,23,24,27). The highest BCUT2D eigenvalue weighted by molar-refractivity contribution is 7.99. The number of fused-ring (bicyclic) bond motifs is 1. The maximum atomic E-state index is 13.2. The van der Waals surface area contributed by atoms with E-state index < -0.39 is 0 Å². The van der Waals surface area contributed by atoms with Crippen LogP contribution in [0.25, 0.3) is 16.7 Å². The zero-order valence-electron chi connectivity index (χ0n) is 14.4. The van der Waals surface area contributed by atoms with Crippen molar-refractivity contribution in [3.63, 3.8) is 0 Å². The molecule has 1 amide bonds. The largest absolute Gasteiger partial charge is 0.325 e. The van der Waals surface area contributed by atoms with E-state index in [9.17, 15) is 14.0 Å². The van der Waals surface area contributed by atoms with E-state index in [1.54, 1.807) is 24.3 Å². The van der Waals surface area contributed by atoms with E-state index in [0.717, 1.165) is 11.8 Å². The Morgan fingerprint density at radius 2 is 1.89 bits per heavy atom. The molecule has 0 spiro atoms. The first-order valence-corrected chi connectivity index (χ1v) is 9.30. The van der Waals surface area contributed by atoms with Crippen LogP contribution in [0.3, 0.4) is 0 Å². The molecular formula is C19H14FN5O2S. The Morgan fingerprint density at radius 3 is 2.64 bits per heavy atom. The van der Waals surface area contributed by atoms with Gasteiger partial charge in [-0.3, -0.25) is 9.59 Å². The second-order valence-corrected chi connectivity index (χ2v) is 6.81. The van der Waals surface area contributed by atoms with Gasteiger partial charge in [0.25, 0.3) is 5.56 Å². The van der Waals surface area contributed by atoms with Crippen LogP contribution in [0.5, 0.6) is 0 Å². The molecule has 2 heterocycles. The van der Waals surface area contributed by atoms with Gasteiger partial charge in [-0.15, -0.1) is 0 Å². The van der Waals surface area contributed by atoms with Crippen molar-refractivity contribution in [3.8, 4) is 5.69 Å². The molecule has 0 atom stereocenters. The fraction of sp³-hybridized carbons (Fsp3) is 0.0526. The molecule has 4 rings (SSSR count). The van der Waals surface area contributed by atoms with E-state index in [1.807, 2.05) is 18.2 Å². The maximum absolute atomic E-state index is 13.2. The van der Waals surface area contributed by atoms with Crippen LogP contribution in [0.15, 0.2) is 70.7 Å². The van der Waals surface area contributed by atoms with Crippen LogP contribution in [-0.4, -0.2) is 31.4 Å². The number of halogens is 1. The summed E-state index contributed by atoms with van der Waals surface area (Å²) in [4.78, 5) is 31.5. The second-order valence-electron chi connectivity index (χ2n) is 5.84. The fourth-order valence-corrected chi connectivity index (χ4v) is 3.25. The second kappa shape index (κ2) is 7.65. The molecule has 0 saturated carbocycles. The molecule has 0 bridgehead atoms. The number of benzene rings is 2. The predicted octanol–water partition coefficient (Wildman–Crippen LogP) is 2.98. The molecule has 0 saturated heterocycles. The molecule has 0 radical (unpaired) electrons. The van der Waals surface area contributed by atoms with Crippen LogP contribution in [0.4, 0.5) is 10.1 Å². The monoisotopic (exact) mass is 395 g/mol. The summed E-state index contributed by atoms with van der Waals surface area (Å²) in [5.41, 5.74) is 1.25. The molecule has 2 N–H and O–H groups in total. The summed E-state index contributed by atoms with van der Waals surface area (Å²) < 4.78 is 14.6. The lowest BCUT2D eigenvalue weighted by Gasteiger charge is -2.06. The first kappa shape index (κ1) is 17.9. The minimum absolute atomic E-state index is 0.0774. The molecule has 0 aliphatic carbocycles. The quantitative estimate of drug-likeness (QED) is 0.400. The summed E-state index contributed by atoms with van der Waals surface area (Å²) in [7, 11) is 0. The molecule has 7 nitrogen and oxygen atoms in total. The van der Waals surface area contributed by atoms with E-state index >= 15 is 0 Å². The van der Waals surface area contributed by atoms with Gasteiger partial charge < -0.3 is 10.3 Å². The molecule has 2 aromatic heterocycles. The minimum Gasteiger partial charge on any atom is -0.325 e. The number of para-hydroxylation sites is 1. The van der Waals surface area contributed by atoms with Gasteiger partial charge in [0.05, 0.1) is 17.6 Å². The van der Waals surface area contributed by atoms with Gasteiger partial charge >= 0.3 is 0 Å². The van der Waals surface area contributed by atoms with Crippen molar-refractivity contribution in [1.82, 2.24) is 19.7 Å². The van der Waals surface area contributed by atoms with Crippen LogP contribution in [0, 0.1) is 5.82 Å². The number of carbonyl (C=O) groups excluding carboxylic acids is 1. The van der Waals surface area contributed by atoms with Gasteiger partial charge in [0, 0.05) is 5.69 Å². The molecule has 2 aromatic carbocycles. The smallest absolute Gasteiger partial charge is 0.262 e. The molecular weight excluding hydrogens is 381 g/mol. The molecule has 0 fully saturated rings. The Hall–Kier alpha value is -3.46. The van der Waals surface area contributed by atoms with E-state index in [4.69, 9.17) is 0 Å². The predicted molar refractivity (Wildman–Crippen MR) is 105 cm³/mol. The van der Waals surface area contributed by atoms with Crippen molar-refractivity contribution >= 4 is 34.4 Å². The molecule has 28 heavy (non-hydrogen) atoms. The summed E-state index contributed by atoms with van der Waals surface area (Å²) in [6, 6.07) is 14.8. The number of amides is 1. The third kappa shape index (κ3) is 3.79. The summed E-state index contributed by atoms with van der Waals surface area (Å²) in [6.07, 6.45) is 1.40. The van der Waals surface area contributed by atoms with Crippen molar-refractivity contribution in [1.29, 1.82) is 0 Å².